The molecule has 0 bridgehead atoms. The van der Waals surface area contributed by atoms with Crippen molar-refractivity contribution in [2.24, 2.45) is 11.5 Å². The second-order valence-corrected chi connectivity index (χ2v) is 5.06. The van der Waals surface area contributed by atoms with Crippen LogP contribution >= 0.6 is 0 Å². The van der Waals surface area contributed by atoms with Crippen LogP contribution in [-0.4, -0.2) is 11.0 Å². The summed E-state index contributed by atoms with van der Waals surface area (Å²) in [7, 11) is 0. The maximum atomic E-state index is 6.17. The number of H-pyrrole nitrogens is 1. The SMILES string of the molecule is CCCCC(N)Cc1c[nH]c2c1=CC=C(N)CC=2. The Hall–Kier alpha value is -1.48. The second kappa shape index (κ2) is 5.91. The minimum absolute atomic E-state index is 0.253. The van der Waals surface area contributed by atoms with Gasteiger partial charge in [-0.1, -0.05) is 31.9 Å². The molecule has 1 heterocycles. The molecule has 0 spiro atoms. The maximum absolute atomic E-state index is 6.17. The minimum Gasteiger partial charge on any atom is -0.402 e. The summed E-state index contributed by atoms with van der Waals surface area (Å²) in [5.41, 5.74) is 14.2. The van der Waals surface area contributed by atoms with E-state index in [0.29, 0.717) is 0 Å². The Morgan fingerprint density at radius 1 is 1.39 bits per heavy atom. The van der Waals surface area contributed by atoms with E-state index in [1.165, 1.54) is 29.0 Å². The predicted octanol–water partition coefficient (Wildman–Crippen LogP) is 0.882. The highest BCUT2D eigenvalue weighted by Gasteiger charge is 2.07. The average Bonchev–Trinajstić information content (AvgIpc) is 2.63. The molecule has 0 aliphatic heterocycles. The first-order valence-electron chi connectivity index (χ1n) is 6.79. The van der Waals surface area contributed by atoms with Gasteiger partial charge in [-0.25, -0.2) is 0 Å². The molecule has 98 valence electrons. The molecular formula is C15H23N3. The third-order valence-corrected chi connectivity index (χ3v) is 3.45. The summed E-state index contributed by atoms with van der Waals surface area (Å²) >= 11 is 0. The number of hydrogen-bond acceptors (Lipinski definition) is 2. The second-order valence-electron chi connectivity index (χ2n) is 5.06. The molecule has 2 rings (SSSR count). The molecule has 0 saturated heterocycles. The van der Waals surface area contributed by atoms with Gasteiger partial charge < -0.3 is 16.5 Å². The third-order valence-electron chi connectivity index (χ3n) is 3.45. The molecule has 1 aliphatic carbocycles. The number of fused-ring (bicyclic) bond motifs is 1. The van der Waals surface area contributed by atoms with E-state index in [0.717, 1.165) is 25.0 Å². The smallest absolute Gasteiger partial charge is 0.0420 e. The lowest BCUT2D eigenvalue weighted by Crippen LogP contribution is -2.29. The molecule has 0 radical (unpaired) electrons. The summed E-state index contributed by atoms with van der Waals surface area (Å²) in [4.78, 5) is 3.32. The summed E-state index contributed by atoms with van der Waals surface area (Å²) in [6.45, 7) is 2.20. The zero-order chi connectivity index (χ0) is 13.0. The van der Waals surface area contributed by atoms with Crippen LogP contribution in [-0.2, 0) is 6.42 Å². The van der Waals surface area contributed by atoms with Gasteiger partial charge in [0.1, 0.15) is 0 Å². The number of allylic oxidation sites excluding steroid dienone is 2. The van der Waals surface area contributed by atoms with Gasteiger partial charge in [0, 0.05) is 34.9 Å². The van der Waals surface area contributed by atoms with Crippen molar-refractivity contribution in [1.29, 1.82) is 0 Å². The Morgan fingerprint density at radius 2 is 2.22 bits per heavy atom. The summed E-state index contributed by atoms with van der Waals surface area (Å²) in [5.74, 6) is 0. The normalized spacial score (nSPS) is 16.0. The van der Waals surface area contributed by atoms with Crippen molar-refractivity contribution in [2.75, 3.05) is 0 Å². The molecule has 1 aromatic heterocycles. The van der Waals surface area contributed by atoms with E-state index in [1.807, 2.05) is 6.08 Å². The van der Waals surface area contributed by atoms with Crippen molar-refractivity contribution in [3.8, 4) is 0 Å². The number of aromatic nitrogens is 1. The van der Waals surface area contributed by atoms with Crippen LogP contribution in [0, 0.1) is 0 Å². The summed E-state index contributed by atoms with van der Waals surface area (Å²) in [5, 5.41) is 2.42. The molecule has 0 fully saturated rings. The molecule has 5 N–H and O–H groups in total. The number of nitrogens with one attached hydrogen (secondary N) is 1. The van der Waals surface area contributed by atoms with Crippen molar-refractivity contribution in [3.05, 3.63) is 34.1 Å². The van der Waals surface area contributed by atoms with Gasteiger partial charge in [-0.3, -0.25) is 0 Å². The van der Waals surface area contributed by atoms with Crippen LogP contribution in [0.4, 0.5) is 0 Å². The molecular weight excluding hydrogens is 222 g/mol. The summed E-state index contributed by atoms with van der Waals surface area (Å²) in [6, 6.07) is 0.253. The van der Waals surface area contributed by atoms with Crippen molar-refractivity contribution < 1.29 is 0 Å². The molecule has 0 saturated carbocycles. The fourth-order valence-corrected chi connectivity index (χ4v) is 2.36. The first kappa shape index (κ1) is 13.0. The van der Waals surface area contributed by atoms with Gasteiger partial charge in [-0.15, -0.1) is 0 Å². The van der Waals surface area contributed by atoms with E-state index < -0.39 is 0 Å². The van der Waals surface area contributed by atoms with E-state index in [1.54, 1.807) is 0 Å². The summed E-state index contributed by atoms with van der Waals surface area (Å²) < 4.78 is 0. The Morgan fingerprint density at radius 3 is 3.00 bits per heavy atom. The van der Waals surface area contributed by atoms with Crippen LogP contribution in [0.15, 0.2) is 18.0 Å². The van der Waals surface area contributed by atoms with E-state index in [-0.39, 0.29) is 6.04 Å². The number of aromatic amines is 1. The van der Waals surface area contributed by atoms with E-state index in [2.05, 4.69) is 30.3 Å². The van der Waals surface area contributed by atoms with Crippen LogP contribution < -0.4 is 22.0 Å². The third kappa shape index (κ3) is 3.05. The van der Waals surface area contributed by atoms with Crippen molar-refractivity contribution in [1.82, 2.24) is 4.98 Å². The van der Waals surface area contributed by atoms with E-state index >= 15 is 0 Å². The highest BCUT2D eigenvalue weighted by Crippen LogP contribution is 2.04. The number of nitrogens with two attached hydrogens (primary N) is 2. The van der Waals surface area contributed by atoms with Crippen LogP contribution in [0.2, 0.25) is 0 Å². The summed E-state index contributed by atoms with van der Waals surface area (Å²) in [6.07, 6.45) is 13.6. The first-order valence-corrected chi connectivity index (χ1v) is 6.79. The molecule has 1 aliphatic rings. The first-order chi connectivity index (χ1) is 8.70. The van der Waals surface area contributed by atoms with Gasteiger partial charge in [0.05, 0.1) is 0 Å². The molecule has 1 aromatic rings. The Bertz CT molecular complexity index is 537. The molecule has 0 aromatic carbocycles. The fraction of sp³-hybridized carbons (Fsp3) is 0.467. The number of hydrogen-bond donors (Lipinski definition) is 3. The van der Waals surface area contributed by atoms with E-state index in [9.17, 15) is 0 Å². The molecule has 0 amide bonds. The monoisotopic (exact) mass is 245 g/mol. The lowest BCUT2D eigenvalue weighted by atomic mass is 10.0. The molecule has 18 heavy (non-hydrogen) atoms. The minimum atomic E-state index is 0.253. The zero-order valence-electron chi connectivity index (χ0n) is 11.1. The Balaban J connectivity index is 2.19. The quantitative estimate of drug-likeness (QED) is 0.721. The van der Waals surface area contributed by atoms with Crippen LogP contribution in [0.3, 0.4) is 0 Å². The lowest BCUT2D eigenvalue weighted by Gasteiger charge is -2.09. The lowest BCUT2D eigenvalue weighted by molar-refractivity contribution is 0.573. The number of unbranched alkanes of at least 4 members (excludes halogenated alkanes) is 1. The van der Waals surface area contributed by atoms with Crippen molar-refractivity contribution >= 4 is 12.2 Å². The molecule has 1 atom stereocenters. The standard InChI is InChI=1S/C15H23N3/c1-2-3-4-13(17)9-11-10-18-15-8-6-12(16)5-7-14(11)15/h5,7-8,10,13,18H,2-4,6,9,16-17H2,1H3. The highest BCUT2D eigenvalue weighted by molar-refractivity contribution is 5.47. The van der Waals surface area contributed by atoms with Gasteiger partial charge in [0.25, 0.3) is 0 Å². The largest absolute Gasteiger partial charge is 0.402 e. The van der Waals surface area contributed by atoms with Crippen LogP contribution in [0.25, 0.3) is 12.2 Å². The predicted molar refractivity (Wildman–Crippen MR) is 77.1 cm³/mol. The van der Waals surface area contributed by atoms with Gasteiger partial charge in [0.2, 0.25) is 0 Å². The van der Waals surface area contributed by atoms with Gasteiger partial charge >= 0.3 is 0 Å². The average molecular weight is 245 g/mol. The van der Waals surface area contributed by atoms with E-state index in [4.69, 9.17) is 11.5 Å². The van der Waals surface area contributed by atoms with Gasteiger partial charge in [-0.2, -0.15) is 0 Å². The Kier molecular flexibility index (Phi) is 4.26. The van der Waals surface area contributed by atoms with Gasteiger partial charge in [0.15, 0.2) is 0 Å². The van der Waals surface area contributed by atoms with Crippen LogP contribution in [0.5, 0.6) is 0 Å². The fourth-order valence-electron chi connectivity index (χ4n) is 2.36. The Labute approximate surface area is 108 Å². The maximum Gasteiger partial charge on any atom is 0.0420 e. The van der Waals surface area contributed by atoms with Crippen LogP contribution in [0.1, 0.15) is 38.2 Å². The number of rotatable bonds is 5. The zero-order valence-corrected chi connectivity index (χ0v) is 11.1. The van der Waals surface area contributed by atoms with Crippen molar-refractivity contribution in [3.63, 3.8) is 0 Å². The topological polar surface area (TPSA) is 67.8 Å². The molecule has 3 heteroatoms. The highest BCUT2D eigenvalue weighted by atomic mass is 14.7. The molecule has 1 unspecified atom stereocenters. The molecule has 3 nitrogen and oxygen atoms in total. The van der Waals surface area contributed by atoms with Crippen molar-refractivity contribution in [2.45, 2.75) is 45.1 Å². The van der Waals surface area contributed by atoms with Gasteiger partial charge in [-0.05, 0) is 24.5 Å².